The standard InChI is InChI=1S/C18H23ClN2O2/c1-18(2,3)17(22)21-8-6-13(7-9-21)12-23-16-5-4-14(11-20)10-15(16)19/h4-5,10,13H,6-9,12H2,1-3H3. The third-order valence-corrected chi connectivity index (χ3v) is 4.37. The van der Waals surface area contributed by atoms with Gasteiger partial charge in [-0.1, -0.05) is 32.4 Å². The predicted molar refractivity (Wildman–Crippen MR) is 90.4 cm³/mol. The molecule has 1 heterocycles. The Morgan fingerprint density at radius 3 is 2.57 bits per heavy atom. The van der Waals surface area contributed by atoms with Gasteiger partial charge < -0.3 is 9.64 Å². The van der Waals surface area contributed by atoms with Crippen LogP contribution in [0.5, 0.6) is 5.75 Å². The molecule has 0 unspecified atom stereocenters. The number of halogens is 1. The molecule has 0 saturated carbocycles. The largest absolute Gasteiger partial charge is 0.492 e. The number of benzene rings is 1. The topological polar surface area (TPSA) is 53.3 Å². The van der Waals surface area contributed by atoms with Crippen LogP contribution < -0.4 is 4.74 Å². The van der Waals surface area contributed by atoms with Gasteiger partial charge in [-0.3, -0.25) is 4.79 Å². The van der Waals surface area contributed by atoms with Crippen LogP contribution in [-0.4, -0.2) is 30.5 Å². The maximum atomic E-state index is 12.3. The van der Waals surface area contributed by atoms with Crippen molar-refractivity contribution >= 4 is 17.5 Å². The molecule has 124 valence electrons. The quantitative estimate of drug-likeness (QED) is 0.843. The molecule has 1 amide bonds. The number of piperidine rings is 1. The van der Waals surface area contributed by atoms with Crippen LogP contribution in [0.1, 0.15) is 39.2 Å². The SMILES string of the molecule is CC(C)(C)C(=O)N1CCC(COc2ccc(C#N)cc2Cl)CC1. The number of nitrogens with zero attached hydrogens (tertiary/aromatic N) is 2. The van der Waals surface area contributed by atoms with Gasteiger partial charge in [-0.05, 0) is 37.0 Å². The van der Waals surface area contributed by atoms with Gasteiger partial charge in [0.05, 0.1) is 23.3 Å². The molecule has 0 bridgehead atoms. The second-order valence-electron chi connectivity index (χ2n) is 7.05. The highest BCUT2D eigenvalue weighted by molar-refractivity contribution is 6.32. The minimum atomic E-state index is -0.320. The highest BCUT2D eigenvalue weighted by Gasteiger charge is 2.30. The first-order valence-electron chi connectivity index (χ1n) is 7.93. The minimum absolute atomic E-state index is 0.215. The van der Waals surface area contributed by atoms with Gasteiger partial charge >= 0.3 is 0 Å². The Morgan fingerprint density at radius 2 is 2.04 bits per heavy atom. The van der Waals surface area contributed by atoms with Gasteiger partial charge in [0.15, 0.2) is 0 Å². The molecule has 0 N–H and O–H groups in total. The third kappa shape index (κ3) is 4.62. The fraction of sp³-hybridized carbons (Fsp3) is 0.556. The van der Waals surface area contributed by atoms with Gasteiger partial charge in [0, 0.05) is 18.5 Å². The smallest absolute Gasteiger partial charge is 0.227 e. The van der Waals surface area contributed by atoms with E-state index < -0.39 is 0 Å². The van der Waals surface area contributed by atoms with E-state index >= 15 is 0 Å². The number of rotatable bonds is 3. The van der Waals surface area contributed by atoms with E-state index in [9.17, 15) is 4.79 Å². The molecule has 1 saturated heterocycles. The van der Waals surface area contributed by atoms with Crippen molar-refractivity contribution < 1.29 is 9.53 Å². The van der Waals surface area contributed by atoms with E-state index in [0.29, 0.717) is 28.9 Å². The average molecular weight is 335 g/mol. The molecule has 0 aromatic heterocycles. The number of carbonyl (C=O) groups is 1. The first kappa shape index (κ1) is 17.6. The zero-order chi connectivity index (χ0) is 17.0. The maximum Gasteiger partial charge on any atom is 0.227 e. The van der Waals surface area contributed by atoms with Crippen molar-refractivity contribution in [2.75, 3.05) is 19.7 Å². The monoisotopic (exact) mass is 334 g/mol. The predicted octanol–water partition coefficient (Wildman–Crippen LogP) is 3.88. The molecule has 0 atom stereocenters. The summed E-state index contributed by atoms with van der Waals surface area (Å²) in [6.45, 7) is 8.02. The van der Waals surface area contributed by atoms with E-state index in [2.05, 4.69) is 6.07 Å². The van der Waals surface area contributed by atoms with Crippen molar-refractivity contribution in [2.24, 2.45) is 11.3 Å². The number of nitriles is 1. The molecule has 1 aromatic rings. The summed E-state index contributed by atoms with van der Waals surface area (Å²) in [5.41, 5.74) is 0.204. The van der Waals surface area contributed by atoms with E-state index in [1.165, 1.54) is 0 Å². The number of carbonyl (C=O) groups excluding carboxylic acids is 1. The fourth-order valence-electron chi connectivity index (χ4n) is 2.67. The molecule has 5 heteroatoms. The van der Waals surface area contributed by atoms with Gasteiger partial charge in [-0.15, -0.1) is 0 Å². The van der Waals surface area contributed by atoms with E-state index in [1.54, 1.807) is 18.2 Å². The molecular formula is C18H23ClN2O2. The van der Waals surface area contributed by atoms with Crippen molar-refractivity contribution in [2.45, 2.75) is 33.6 Å². The van der Waals surface area contributed by atoms with Crippen LogP contribution in [0.15, 0.2) is 18.2 Å². The normalized spacial score (nSPS) is 16.0. The van der Waals surface area contributed by atoms with E-state index in [1.807, 2.05) is 25.7 Å². The Balaban J connectivity index is 1.84. The van der Waals surface area contributed by atoms with Crippen LogP contribution in [0.3, 0.4) is 0 Å². The first-order valence-corrected chi connectivity index (χ1v) is 8.31. The summed E-state index contributed by atoms with van der Waals surface area (Å²) in [5.74, 6) is 1.25. The summed E-state index contributed by atoms with van der Waals surface area (Å²) >= 11 is 6.11. The summed E-state index contributed by atoms with van der Waals surface area (Å²) < 4.78 is 5.79. The molecule has 0 aliphatic carbocycles. The Labute approximate surface area is 143 Å². The van der Waals surface area contributed by atoms with Crippen LogP contribution >= 0.6 is 11.6 Å². The molecule has 23 heavy (non-hydrogen) atoms. The van der Waals surface area contributed by atoms with Crippen molar-refractivity contribution in [1.82, 2.24) is 4.90 Å². The van der Waals surface area contributed by atoms with Crippen molar-refractivity contribution in [1.29, 1.82) is 5.26 Å². The van der Waals surface area contributed by atoms with Gasteiger partial charge in [0.25, 0.3) is 0 Å². The molecule has 0 radical (unpaired) electrons. The van der Waals surface area contributed by atoms with Crippen LogP contribution in [-0.2, 0) is 4.79 Å². The van der Waals surface area contributed by atoms with Gasteiger partial charge in [-0.25, -0.2) is 0 Å². The number of likely N-dealkylation sites (tertiary alicyclic amines) is 1. The molecular weight excluding hydrogens is 312 g/mol. The van der Waals surface area contributed by atoms with E-state index in [4.69, 9.17) is 21.6 Å². The lowest BCUT2D eigenvalue weighted by Gasteiger charge is -2.35. The van der Waals surface area contributed by atoms with E-state index in [0.717, 1.165) is 25.9 Å². The van der Waals surface area contributed by atoms with E-state index in [-0.39, 0.29) is 11.3 Å². The Hall–Kier alpha value is -1.73. The zero-order valence-corrected chi connectivity index (χ0v) is 14.7. The van der Waals surface area contributed by atoms with Crippen molar-refractivity contribution in [3.05, 3.63) is 28.8 Å². The lowest BCUT2D eigenvalue weighted by molar-refractivity contribution is -0.141. The highest BCUT2D eigenvalue weighted by atomic mass is 35.5. The van der Waals surface area contributed by atoms with Crippen molar-refractivity contribution in [3.8, 4) is 11.8 Å². The van der Waals surface area contributed by atoms with Gasteiger partial charge in [-0.2, -0.15) is 5.26 Å². The average Bonchev–Trinajstić information content (AvgIpc) is 2.52. The molecule has 2 rings (SSSR count). The molecule has 0 spiro atoms. The summed E-state index contributed by atoms with van der Waals surface area (Å²) in [7, 11) is 0. The molecule has 1 aliphatic heterocycles. The summed E-state index contributed by atoms with van der Waals surface area (Å²) in [6, 6.07) is 7.10. The van der Waals surface area contributed by atoms with Crippen LogP contribution in [0.2, 0.25) is 5.02 Å². The lowest BCUT2D eigenvalue weighted by Crippen LogP contribution is -2.44. The number of hydrogen-bond acceptors (Lipinski definition) is 3. The molecule has 1 fully saturated rings. The zero-order valence-electron chi connectivity index (χ0n) is 13.9. The Kier molecular flexibility index (Phi) is 5.54. The molecule has 1 aromatic carbocycles. The van der Waals surface area contributed by atoms with Crippen LogP contribution in [0.25, 0.3) is 0 Å². The number of hydrogen-bond donors (Lipinski definition) is 0. The fourth-order valence-corrected chi connectivity index (χ4v) is 2.91. The van der Waals surface area contributed by atoms with Crippen molar-refractivity contribution in [3.63, 3.8) is 0 Å². The Morgan fingerprint density at radius 1 is 1.39 bits per heavy atom. The lowest BCUT2D eigenvalue weighted by atomic mass is 9.91. The maximum absolute atomic E-state index is 12.3. The molecule has 4 nitrogen and oxygen atoms in total. The van der Waals surface area contributed by atoms with Crippen LogP contribution in [0, 0.1) is 22.7 Å². The minimum Gasteiger partial charge on any atom is -0.492 e. The summed E-state index contributed by atoms with van der Waals surface area (Å²) in [5, 5.41) is 9.29. The number of ether oxygens (including phenoxy) is 1. The third-order valence-electron chi connectivity index (χ3n) is 4.08. The highest BCUT2D eigenvalue weighted by Crippen LogP contribution is 2.28. The van der Waals surface area contributed by atoms with Crippen LogP contribution in [0.4, 0.5) is 0 Å². The summed E-state index contributed by atoms with van der Waals surface area (Å²) in [6.07, 6.45) is 1.88. The van der Waals surface area contributed by atoms with Gasteiger partial charge in [0.2, 0.25) is 5.91 Å². The second-order valence-corrected chi connectivity index (χ2v) is 7.46. The number of amides is 1. The molecule has 1 aliphatic rings. The first-order chi connectivity index (χ1) is 10.8. The van der Waals surface area contributed by atoms with Gasteiger partial charge in [0.1, 0.15) is 5.75 Å². The second kappa shape index (κ2) is 7.23. The summed E-state index contributed by atoms with van der Waals surface area (Å²) in [4.78, 5) is 14.2. The Bertz CT molecular complexity index is 608.